The summed E-state index contributed by atoms with van der Waals surface area (Å²) in [6.07, 6.45) is 8.03. The van der Waals surface area contributed by atoms with Gasteiger partial charge < -0.3 is 15.1 Å². The van der Waals surface area contributed by atoms with Crippen molar-refractivity contribution in [1.82, 2.24) is 4.90 Å². The monoisotopic (exact) mass is 441 g/mol. The zero-order valence-electron chi connectivity index (χ0n) is 17.9. The van der Waals surface area contributed by atoms with Crippen LogP contribution >= 0.6 is 11.3 Å². The van der Waals surface area contributed by atoms with E-state index < -0.39 is 12.1 Å². The molecule has 3 rings (SSSR count). The van der Waals surface area contributed by atoms with E-state index in [0.717, 1.165) is 37.0 Å². The summed E-state index contributed by atoms with van der Waals surface area (Å²) in [5.41, 5.74) is 1.28. The van der Waals surface area contributed by atoms with Gasteiger partial charge in [-0.05, 0) is 55.7 Å². The molecule has 166 valence electrons. The molecule has 1 aliphatic rings. The highest BCUT2D eigenvalue weighted by Gasteiger charge is 2.28. The number of benzene rings is 1. The van der Waals surface area contributed by atoms with E-state index in [-0.39, 0.29) is 17.9 Å². The first-order valence-electron chi connectivity index (χ1n) is 11.0. The fourth-order valence-corrected chi connectivity index (χ4v) is 4.83. The number of carbonyl (C=O) groups excluding carboxylic acids is 1. The lowest BCUT2D eigenvalue weighted by Gasteiger charge is -2.23. The van der Waals surface area contributed by atoms with Crippen molar-refractivity contribution in [1.29, 1.82) is 0 Å². The van der Waals surface area contributed by atoms with Gasteiger partial charge in [0.15, 0.2) is 0 Å². The number of aryl methyl sites for hydroxylation is 2. The molecule has 1 saturated heterocycles. The van der Waals surface area contributed by atoms with Gasteiger partial charge in [-0.15, -0.1) is 11.3 Å². The highest BCUT2D eigenvalue weighted by atomic mass is 32.1. The summed E-state index contributed by atoms with van der Waals surface area (Å²) in [5, 5.41) is 19.6. The fraction of sp³-hybridized carbons (Fsp3) is 0.440. The Morgan fingerprint density at radius 1 is 1.23 bits per heavy atom. The van der Waals surface area contributed by atoms with Gasteiger partial charge in [-0.2, -0.15) is 0 Å². The van der Waals surface area contributed by atoms with Gasteiger partial charge in [-0.25, -0.2) is 4.79 Å². The number of rotatable bonds is 11. The van der Waals surface area contributed by atoms with Crippen molar-refractivity contribution in [2.45, 2.75) is 57.6 Å². The Morgan fingerprint density at radius 3 is 2.71 bits per heavy atom. The van der Waals surface area contributed by atoms with Crippen molar-refractivity contribution >= 4 is 23.2 Å². The molecule has 31 heavy (non-hydrogen) atoms. The number of hydrogen-bond donors (Lipinski definition) is 2. The van der Waals surface area contributed by atoms with Crippen molar-refractivity contribution < 1.29 is 19.8 Å². The molecule has 2 N–H and O–H groups in total. The highest BCUT2D eigenvalue weighted by Crippen LogP contribution is 2.23. The number of carbonyl (C=O) groups is 2. The minimum atomic E-state index is -0.896. The van der Waals surface area contributed by atoms with E-state index in [1.54, 1.807) is 6.07 Å². The van der Waals surface area contributed by atoms with Gasteiger partial charge in [0.1, 0.15) is 4.88 Å². The Morgan fingerprint density at radius 2 is 2.00 bits per heavy atom. The Hall–Kier alpha value is -2.44. The topological polar surface area (TPSA) is 77.8 Å². The number of thiophene rings is 1. The lowest BCUT2D eigenvalue weighted by Crippen LogP contribution is -2.33. The van der Waals surface area contributed by atoms with Gasteiger partial charge in [-0.1, -0.05) is 49.4 Å². The SMILES string of the molecule is C[C@@H](CCc1ccccc1)[C@H](O)/C=C/[C@H]1CCC(=O)N1CCCc1ccc(C(=O)O)s1. The van der Waals surface area contributed by atoms with Crippen molar-refractivity contribution in [3.8, 4) is 0 Å². The zero-order chi connectivity index (χ0) is 22.2. The number of aliphatic hydroxyl groups excluding tert-OH is 1. The summed E-state index contributed by atoms with van der Waals surface area (Å²) in [6.45, 7) is 2.70. The normalized spacial score (nSPS) is 18.6. The van der Waals surface area contributed by atoms with Crippen molar-refractivity contribution in [3.63, 3.8) is 0 Å². The van der Waals surface area contributed by atoms with Crippen LogP contribution in [-0.4, -0.2) is 45.7 Å². The molecule has 0 aliphatic carbocycles. The first kappa shape index (κ1) is 23.2. The van der Waals surface area contributed by atoms with Crippen LogP contribution in [0.2, 0.25) is 0 Å². The van der Waals surface area contributed by atoms with Crippen molar-refractivity contribution in [2.75, 3.05) is 6.54 Å². The van der Waals surface area contributed by atoms with E-state index in [1.165, 1.54) is 16.9 Å². The third kappa shape index (κ3) is 6.77. The second-order valence-electron chi connectivity index (χ2n) is 8.24. The Balaban J connectivity index is 1.46. The zero-order valence-corrected chi connectivity index (χ0v) is 18.8. The minimum Gasteiger partial charge on any atom is -0.477 e. The number of nitrogens with zero attached hydrogens (tertiary/aromatic N) is 1. The molecule has 1 amide bonds. The summed E-state index contributed by atoms with van der Waals surface area (Å²) < 4.78 is 0. The number of carboxylic acids is 1. The van der Waals surface area contributed by atoms with Crippen LogP contribution in [0.4, 0.5) is 0 Å². The van der Waals surface area contributed by atoms with E-state index in [1.807, 2.05) is 41.3 Å². The molecular weight excluding hydrogens is 410 g/mol. The molecule has 3 atom stereocenters. The van der Waals surface area contributed by atoms with Gasteiger partial charge in [0.2, 0.25) is 5.91 Å². The molecule has 2 heterocycles. The molecule has 0 bridgehead atoms. The number of hydrogen-bond acceptors (Lipinski definition) is 4. The standard InChI is InChI=1S/C25H31NO4S/c1-18(9-10-19-6-3-2-4-7-19)22(27)14-11-20-12-16-24(28)26(20)17-5-8-21-13-15-23(31-21)25(29)30/h2-4,6-7,11,13-15,18,20,22,27H,5,8-10,12,16-17H2,1H3,(H,29,30)/b14-11+/t18-,20-,22+/m0/s1. The maximum atomic E-state index is 12.3. The summed E-state index contributed by atoms with van der Waals surface area (Å²) in [4.78, 5) is 26.6. The van der Waals surface area contributed by atoms with Gasteiger partial charge in [0, 0.05) is 17.8 Å². The number of aliphatic hydroxyl groups is 1. The average Bonchev–Trinajstić information content (AvgIpc) is 3.38. The van der Waals surface area contributed by atoms with E-state index in [2.05, 4.69) is 19.1 Å². The van der Waals surface area contributed by atoms with Crippen LogP contribution in [0.3, 0.4) is 0 Å². The summed E-state index contributed by atoms with van der Waals surface area (Å²) in [5.74, 6) is -0.601. The van der Waals surface area contributed by atoms with Crippen molar-refractivity contribution in [3.05, 3.63) is 69.9 Å². The van der Waals surface area contributed by atoms with Gasteiger partial charge in [0.05, 0.1) is 12.1 Å². The third-order valence-corrected chi connectivity index (χ3v) is 7.05. The molecule has 0 spiro atoms. The van der Waals surface area contributed by atoms with Crippen LogP contribution in [-0.2, 0) is 17.6 Å². The van der Waals surface area contributed by atoms with E-state index >= 15 is 0 Å². The second kappa shape index (κ2) is 11.3. The minimum absolute atomic E-state index is 0.0291. The second-order valence-corrected chi connectivity index (χ2v) is 9.41. The predicted octanol–water partition coefficient (Wildman–Crippen LogP) is 4.56. The van der Waals surface area contributed by atoms with E-state index in [4.69, 9.17) is 5.11 Å². The van der Waals surface area contributed by atoms with E-state index in [0.29, 0.717) is 17.8 Å². The molecule has 1 aromatic carbocycles. The smallest absolute Gasteiger partial charge is 0.345 e. The van der Waals surface area contributed by atoms with Crippen LogP contribution < -0.4 is 0 Å². The molecule has 0 saturated carbocycles. The van der Waals surface area contributed by atoms with Crippen LogP contribution in [0.1, 0.15) is 52.7 Å². The number of aromatic carboxylic acids is 1. The number of likely N-dealkylation sites (tertiary alicyclic amines) is 1. The van der Waals surface area contributed by atoms with Crippen LogP contribution in [0.15, 0.2) is 54.6 Å². The third-order valence-electron chi connectivity index (χ3n) is 5.91. The van der Waals surface area contributed by atoms with Crippen molar-refractivity contribution in [2.24, 2.45) is 5.92 Å². The largest absolute Gasteiger partial charge is 0.477 e. The quantitative estimate of drug-likeness (QED) is 0.501. The Labute approximate surface area is 188 Å². The molecule has 1 aromatic heterocycles. The van der Waals surface area contributed by atoms with Crippen LogP contribution in [0, 0.1) is 5.92 Å². The summed E-state index contributed by atoms with van der Waals surface area (Å²) in [7, 11) is 0. The van der Waals surface area contributed by atoms with E-state index in [9.17, 15) is 14.7 Å². The first-order chi connectivity index (χ1) is 14.9. The lowest BCUT2D eigenvalue weighted by atomic mass is 9.95. The highest BCUT2D eigenvalue weighted by molar-refractivity contribution is 7.13. The average molecular weight is 442 g/mol. The molecule has 2 aromatic rings. The molecule has 0 unspecified atom stereocenters. The summed E-state index contributed by atoms with van der Waals surface area (Å²) in [6, 6.07) is 13.8. The molecule has 6 heteroatoms. The molecular formula is C25H31NO4S. The molecule has 1 fully saturated rings. The lowest BCUT2D eigenvalue weighted by molar-refractivity contribution is -0.128. The molecule has 5 nitrogen and oxygen atoms in total. The summed E-state index contributed by atoms with van der Waals surface area (Å²) >= 11 is 1.30. The van der Waals surface area contributed by atoms with Gasteiger partial charge in [-0.3, -0.25) is 4.79 Å². The fourth-order valence-electron chi connectivity index (χ4n) is 3.94. The van der Waals surface area contributed by atoms with Crippen LogP contribution in [0.5, 0.6) is 0 Å². The number of carboxylic acid groups (broad SMARTS) is 1. The molecule has 0 radical (unpaired) electrons. The van der Waals surface area contributed by atoms with Gasteiger partial charge >= 0.3 is 5.97 Å². The number of amides is 1. The Kier molecular flexibility index (Phi) is 8.43. The predicted molar refractivity (Wildman–Crippen MR) is 123 cm³/mol. The maximum absolute atomic E-state index is 12.3. The van der Waals surface area contributed by atoms with Crippen LogP contribution in [0.25, 0.3) is 0 Å². The Bertz CT molecular complexity index is 892. The van der Waals surface area contributed by atoms with Gasteiger partial charge in [0.25, 0.3) is 0 Å². The first-order valence-corrected chi connectivity index (χ1v) is 11.8. The maximum Gasteiger partial charge on any atom is 0.345 e. The molecule has 1 aliphatic heterocycles.